The molecule has 0 N–H and O–H groups in total. The molecule has 1 aromatic heterocycles. The van der Waals surface area contributed by atoms with E-state index < -0.39 is 18.1 Å². The van der Waals surface area contributed by atoms with Crippen molar-refractivity contribution in [1.29, 1.82) is 0 Å². The number of rotatable bonds is 5. The Hall–Kier alpha value is -2.85. The van der Waals surface area contributed by atoms with Crippen LogP contribution in [0.15, 0.2) is 30.3 Å². The zero-order valence-electron chi connectivity index (χ0n) is 17.7. The Kier molecular flexibility index (Phi) is 6.24. The molecule has 0 amide bonds. The van der Waals surface area contributed by atoms with Gasteiger partial charge in [0, 0.05) is 36.1 Å². The highest BCUT2D eigenvalue weighted by Crippen LogP contribution is 2.32. The van der Waals surface area contributed by atoms with Gasteiger partial charge in [-0.2, -0.15) is 5.10 Å². The van der Waals surface area contributed by atoms with Gasteiger partial charge in [-0.15, -0.1) is 13.2 Å². The van der Waals surface area contributed by atoms with Gasteiger partial charge in [0.05, 0.1) is 29.9 Å². The first-order valence-corrected chi connectivity index (χ1v) is 10.5. The van der Waals surface area contributed by atoms with E-state index in [-0.39, 0.29) is 22.4 Å². The van der Waals surface area contributed by atoms with Crippen molar-refractivity contribution in [3.8, 4) is 5.75 Å². The largest absolute Gasteiger partial charge is 0.573 e. The van der Waals surface area contributed by atoms with E-state index in [1.54, 1.807) is 17.7 Å². The molecule has 176 valence electrons. The highest BCUT2D eigenvalue weighted by molar-refractivity contribution is 6.30. The predicted octanol–water partition coefficient (Wildman–Crippen LogP) is 5.27. The number of aryl methyl sites for hydroxylation is 1. The van der Waals surface area contributed by atoms with Gasteiger partial charge in [0.1, 0.15) is 11.6 Å². The van der Waals surface area contributed by atoms with Gasteiger partial charge in [-0.05, 0) is 43.2 Å². The number of hydrogen-bond donors (Lipinski definition) is 0. The highest BCUT2D eigenvalue weighted by Gasteiger charge is 2.32. The summed E-state index contributed by atoms with van der Waals surface area (Å²) in [5, 5.41) is 5.35. The lowest BCUT2D eigenvalue weighted by Gasteiger charge is -2.18. The van der Waals surface area contributed by atoms with Gasteiger partial charge in [0.15, 0.2) is 0 Å². The van der Waals surface area contributed by atoms with Gasteiger partial charge in [-0.3, -0.25) is 9.58 Å². The number of hydrogen-bond acceptors (Lipinski definition) is 5. The molecule has 0 spiro atoms. The molecule has 0 unspecified atom stereocenters. The van der Waals surface area contributed by atoms with Crippen molar-refractivity contribution in [2.75, 3.05) is 20.2 Å². The van der Waals surface area contributed by atoms with Crippen LogP contribution in [0.1, 0.15) is 34.1 Å². The van der Waals surface area contributed by atoms with Crippen LogP contribution < -0.4 is 4.74 Å². The molecular formula is C22H20ClF4N3O3. The maximum absolute atomic E-state index is 14.5. The molecule has 6 nitrogen and oxygen atoms in total. The summed E-state index contributed by atoms with van der Waals surface area (Å²) in [5.41, 5.74) is 1.64. The normalized spacial score (nSPS) is 17.0. The minimum absolute atomic E-state index is 0.0744. The summed E-state index contributed by atoms with van der Waals surface area (Å²) >= 11 is 5.97. The van der Waals surface area contributed by atoms with Crippen molar-refractivity contribution in [2.45, 2.75) is 32.3 Å². The Bertz CT molecular complexity index is 1210. The van der Waals surface area contributed by atoms with Gasteiger partial charge in [0.25, 0.3) is 0 Å². The fourth-order valence-corrected chi connectivity index (χ4v) is 4.42. The van der Waals surface area contributed by atoms with E-state index in [1.165, 1.54) is 25.3 Å². The van der Waals surface area contributed by atoms with Gasteiger partial charge in [0.2, 0.25) is 0 Å². The first-order chi connectivity index (χ1) is 15.5. The maximum Gasteiger partial charge on any atom is 0.573 e. The first kappa shape index (κ1) is 23.3. The van der Waals surface area contributed by atoms with Crippen LogP contribution in [0.5, 0.6) is 5.75 Å². The summed E-state index contributed by atoms with van der Waals surface area (Å²) in [6.45, 7) is 3.36. The van der Waals surface area contributed by atoms with Crippen LogP contribution in [0.4, 0.5) is 17.6 Å². The number of carbonyl (C=O) groups excluding carboxylic acids is 1. The lowest BCUT2D eigenvalue weighted by Crippen LogP contribution is -2.22. The highest BCUT2D eigenvalue weighted by atomic mass is 35.5. The van der Waals surface area contributed by atoms with Crippen LogP contribution in [-0.4, -0.2) is 47.2 Å². The van der Waals surface area contributed by atoms with Crippen LogP contribution in [-0.2, 0) is 11.3 Å². The van der Waals surface area contributed by atoms with E-state index in [2.05, 4.69) is 19.5 Å². The molecule has 1 fully saturated rings. The number of alkyl halides is 3. The molecule has 1 aliphatic rings. The Morgan fingerprint density at radius 2 is 2.00 bits per heavy atom. The van der Waals surface area contributed by atoms with Crippen LogP contribution >= 0.6 is 11.6 Å². The summed E-state index contributed by atoms with van der Waals surface area (Å²) in [5.74, 6) is -1.82. The number of likely N-dealkylation sites (tertiary alicyclic amines) is 1. The van der Waals surface area contributed by atoms with Crippen molar-refractivity contribution in [1.82, 2.24) is 14.7 Å². The number of nitrogens with zero attached hydrogens (tertiary/aromatic N) is 3. The lowest BCUT2D eigenvalue weighted by molar-refractivity contribution is -0.274. The molecule has 0 radical (unpaired) electrons. The van der Waals surface area contributed by atoms with Crippen LogP contribution in [0, 0.1) is 12.7 Å². The summed E-state index contributed by atoms with van der Waals surface area (Å²) < 4.78 is 62.6. The second-order valence-corrected chi connectivity index (χ2v) is 8.33. The molecule has 2 aromatic carbocycles. The smallest absolute Gasteiger partial charge is 0.465 e. The van der Waals surface area contributed by atoms with Crippen molar-refractivity contribution in [3.63, 3.8) is 0 Å². The number of methoxy groups -OCH3 is 1. The number of carbonyl (C=O) groups is 1. The predicted molar refractivity (Wildman–Crippen MR) is 113 cm³/mol. The van der Waals surface area contributed by atoms with E-state index in [0.717, 1.165) is 6.07 Å². The second kappa shape index (κ2) is 8.83. The van der Waals surface area contributed by atoms with Crippen molar-refractivity contribution >= 4 is 28.5 Å². The number of esters is 1. The zero-order valence-corrected chi connectivity index (χ0v) is 18.5. The van der Waals surface area contributed by atoms with Crippen LogP contribution in [0.3, 0.4) is 0 Å². The molecule has 1 saturated heterocycles. The average Bonchev–Trinajstić information content (AvgIpc) is 3.29. The molecular weight excluding hydrogens is 466 g/mol. The van der Waals surface area contributed by atoms with E-state index in [9.17, 15) is 22.4 Å². The third-order valence-corrected chi connectivity index (χ3v) is 5.77. The Morgan fingerprint density at radius 1 is 1.24 bits per heavy atom. The second-order valence-electron chi connectivity index (χ2n) is 7.89. The Balaban J connectivity index is 1.54. The third kappa shape index (κ3) is 5.06. The molecule has 33 heavy (non-hydrogen) atoms. The molecule has 4 rings (SSSR count). The molecule has 3 aromatic rings. The van der Waals surface area contributed by atoms with E-state index in [1.807, 2.05) is 0 Å². The zero-order chi connectivity index (χ0) is 23.9. The first-order valence-electron chi connectivity index (χ1n) is 10.1. The van der Waals surface area contributed by atoms with E-state index in [0.29, 0.717) is 48.2 Å². The topological polar surface area (TPSA) is 56.6 Å². The number of aromatic nitrogens is 2. The molecule has 0 aliphatic carbocycles. The van der Waals surface area contributed by atoms with Crippen molar-refractivity contribution < 1.29 is 31.8 Å². The van der Waals surface area contributed by atoms with Gasteiger partial charge >= 0.3 is 12.3 Å². The lowest BCUT2D eigenvalue weighted by atomic mass is 10.1. The quantitative estimate of drug-likeness (QED) is 0.364. The Morgan fingerprint density at radius 3 is 2.70 bits per heavy atom. The SMILES string of the molecule is COC(=O)c1cc2c(C)nn([C@@H]3CCN(Cc4cc(Cl)cc(OC(F)(F)F)c4)C3)c2cc1F. The Labute approximate surface area is 191 Å². The summed E-state index contributed by atoms with van der Waals surface area (Å²) in [6.07, 6.45) is -4.09. The molecule has 1 aliphatic heterocycles. The van der Waals surface area contributed by atoms with Crippen LogP contribution in [0.25, 0.3) is 10.9 Å². The fourth-order valence-electron chi connectivity index (χ4n) is 4.17. The monoisotopic (exact) mass is 485 g/mol. The summed E-state index contributed by atoms with van der Waals surface area (Å²) in [4.78, 5) is 13.9. The minimum atomic E-state index is -4.80. The summed E-state index contributed by atoms with van der Waals surface area (Å²) in [7, 11) is 1.19. The van der Waals surface area contributed by atoms with Gasteiger partial charge in [-0.1, -0.05) is 11.6 Å². The van der Waals surface area contributed by atoms with Gasteiger partial charge < -0.3 is 9.47 Å². The molecule has 1 atom stereocenters. The average molecular weight is 486 g/mol. The number of ether oxygens (including phenoxy) is 2. The molecule has 0 saturated carbocycles. The minimum Gasteiger partial charge on any atom is -0.465 e. The number of fused-ring (bicyclic) bond motifs is 1. The maximum atomic E-state index is 14.5. The standard InChI is InChI=1S/C22H20ClF4N3O3/c1-12-17-8-18(21(31)32-2)19(24)9-20(17)30(28-12)15-3-4-29(11-15)10-13-5-14(23)7-16(6-13)33-22(25,26)27/h5-9,15H,3-4,10-11H2,1-2H3/t15-/m1/s1. The molecule has 11 heteroatoms. The van der Waals surface area contributed by atoms with E-state index >= 15 is 0 Å². The number of halogens is 5. The molecule has 0 bridgehead atoms. The van der Waals surface area contributed by atoms with Crippen LogP contribution in [0.2, 0.25) is 5.02 Å². The van der Waals surface area contributed by atoms with Gasteiger partial charge in [-0.25, -0.2) is 9.18 Å². The van der Waals surface area contributed by atoms with Crippen molar-refractivity contribution in [2.24, 2.45) is 0 Å². The van der Waals surface area contributed by atoms with E-state index in [4.69, 9.17) is 11.6 Å². The third-order valence-electron chi connectivity index (χ3n) is 5.55. The number of benzene rings is 2. The summed E-state index contributed by atoms with van der Waals surface area (Å²) in [6, 6.07) is 6.66. The fraction of sp³-hybridized carbons (Fsp3) is 0.364. The van der Waals surface area contributed by atoms with Crippen molar-refractivity contribution in [3.05, 3.63) is 58.0 Å². The molecule has 2 heterocycles.